The number of benzene rings is 3. The number of aliphatic hydroxyl groups excluding tert-OH is 1. The lowest BCUT2D eigenvalue weighted by atomic mass is 9.93. The van der Waals surface area contributed by atoms with Gasteiger partial charge in [0.1, 0.15) is 5.82 Å². The van der Waals surface area contributed by atoms with Crippen molar-refractivity contribution >= 4 is 11.5 Å². The molecular formula is C23H18FNO2. The summed E-state index contributed by atoms with van der Waals surface area (Å²) in [6.45, 7) is 0.369. The van der Waals surface area contributed by atoms with Gasteiger partial charge >= 0.3 is 0 Å². The molecule has 0 aromatic heterocycles. The lowest BCUT2D eigenvalue weighted by Crippen LogP contribution is -2.29. The number of hydrogen-bond donors (Lipinski definition) is 1. The highest BCUT2D eigenvalue weighted by molar-refractivity contribution is 6.05. The van der Waals surface area contributed by atoms with E-state index in [2.05, 4.69) is 0 Å². The van der Waals surface area contributed by atoms with E-state index in [0.29, 0.717) is 17.7 Å². The van der Waals surface area contributed by atoms with E-state index in [1.54, 1.807) is 17.0 Å². The fraction of sp³-hybridized carbons (Fsp3) is 0.0870. The average Bonchev–Trinajstić information content (AvgIpc) is 2.95. The minimum atomic E-state index is -0.440. The Balaban J connectivity index is 1.81. The molecule has 1 atom stereocenters. The number of aliphatic hydroxyl groups is 1. The molecule has 0 fully saturated rings. The molecule has 0 saturated heterocycles. The Kier molecular flexibility index (Phi) is 4.47. The van der Waals surface area contributed by atoms with Crippen LogP contribution >= 0.6 is 0 Å². The quantitative estimate of drug-likeness (QED) is 0.721. The Morgan fingerprint density at radius 3 is 2.07 bits per heavy atom. The summed E-state index contributed by atoms with van der Waals surface area (Å²) in [7, 11) is 0. The Morgan fingerprint density at radius 2 is 1.44 bits per heavy atom. The predicted molar refractivity (Wildman–Crippen MR) is 102 cm³/mol. The number of carbonyl (C=O) groups is 1. The van der Waals surface area contributed by atoms with Gasteiger partial charge in [0.05, 0.1) is 6.04 Å². The predicted octanol–water partition coefficient (Wildman–Crippen LogP) is 4.88. The van der Waals surface area contributed by atoms with E-state index in [0.717, 1.165) is 11.1 Å². The van der Waals surface area contributed by atoms with E-state index in [1.807, 2.05) is 60.7 Å². The van der Waals surface area contributed by atoms with E-state index in [-0.39, 0.29) is 11.6 Å². The number of amides is 1. The normalized spacial score (nSPS) is 16.9. The molecule has 1 N–H and O–H groups in total. The van der Waals surface area contributed by atoms with Crippen LogP contribution in [0.2, 0.25) is 0 Å². The largest absolute Gasteiger partial charge is 0.503 e. The van der Waals surface area contributed by atoms with Gasteiger partial charge in [-0.1, -0.05) is 72.8 Å². The zero-order chi connectivity index (χ0) is 18.8. The first-order chi connectivity index (χ1) is 13.1. The summed E-state index contributed by atoms with van der Waals surface area (Å²) in [6.07, 6.45) is 0. The van der Waals surface area contributed by atoms with Crippen LogP contribution in [0.5, 0.6) is 0 Å². The van der Waals surface area contributed by atoms with Crippen molar-refractivity contribution in [2.45, 2.75) is 12.6 Å². The van der Waals surface area contributed by atoms with Crippen LogP contribution < -0.4 is 0 Å². The maximum absolute atomic E-state index is 13.4. The van der Waals surface area contributed by atoms with Gasteiger partial charge in [-0.05, 0) is 28.8 Å². The highest BCUT2D eigenvalue weighted by atomic mass is 19.1. The molecule has 3 aromatic carbocycles. The second kappa shape index (κ2) is 7.08. The van der Waals surface area contributed by atoms with Gasteiger partial charge in [-0.3, -0.25) is 4.79 Å². The first-order valence-corrected chi connectivity index (χ1v) is 8.74. The number of nitrogens with zero attached hydrogens (tertiary/aromatic N) is 1. The van der Waals surface area contributed by atoms with Gasteiger partial charge in [0, 0.05) is 12.1 Å². The summed E-state index contributed by atoms with van der Waals surface area (Å²) >= 11 is 0. The molecule has 3 aromatic rings. The molecule has 4 heteroatoms. The number of hydrogen-bond acceptors (Lipinski definition) is 2. The fourth-order valence-electron chi connectivity index (χ4n) is 3.50. The molecule has 0 radical (unpaired) electrons. The molecule has 0 unspecified atom stereocenters. The summed E-state index contributed by atoms with van der Waals surface area (Å²) in [5.74, 6) is -1.07. The Bertz CT molecular complexity index is 982. The molecule has 1 aliphatic heterocycles. The molecule has 3 nitrogen and oxygen atoms in total. The highest BCUT2D eigenvalue weighted by Gasteiger charge is 2.40. The van der Waals surface area contributed by atoms with E-state index in [1.165, 1.54) is 12.1 Å². The lowest BCUT2D eigenvalue weighted by Gasteiger charge is -2.27. The molecule has 1 heterocycles. The molecular weight excluding hydrogens is 341 g/mol. The van der Waals surface area contributed by atoms with Crippen LogP contribution in [0.1, 0.15) is 22.7 Å². The van der Waals surface area contributed by atoms with E-state index in [4.69, 9.17) is 0 Å². The van der Waals surface area contributed by atoms with Gasteiger partial charge in [0.15, 0.2) is 5.76 Å². The molecule has 0 spiro atoms. The van der Waals surface area contributed by atoms with Gasteiger partial charge in [-0.15, -0.1) is 0 Å². The summed E-state index contributed by atoms with van der Waals surface area (Å²) < 4.78 is 13.4. The van der Waals surface area contributed by atoms with Crippen LogP contribution in [0.25, 0.3) is 5.57 Å². The zero-order valence-corrected chi connectivity index (χ0v) is 14.5. The van der Waals surface area contributed by atoms with E-state index in [9.17, 15) is 14.3 Å². The van der Waals surface area contributed by atoms with Gasteiger partial charge < -0.3 is 10.0 Å². The number of halogens is 1. The smallest absolute Gasteiger partial charge is 0.290 e. The van der Waals surface area contributed by atoms with Crippen LogP contribution in [0.4, 0.5) is 4.39 Å². The van der Waals surface area contributed by atoms with Gasteiger partial charge in [-0.25, -0.2) is 4.39 Å². The summed E-state index contributed by atoms with van der Waals surface area (Å²) in [6, 6.07) is 24.6. The van der Waals surface area contributed by atoms with Gasteiger partial charge in [-0.2, -0.15) is 0 Å². The van der Waals surface area contributed by atoms with Crippen molar-refractivity contribution in [1.29, 1.82) is 0 Å². The number of rotatable bonds is 4. The van der Waals surface area contributed by atoms with Crippen LogP contribution in [-0.2, 0) is 11.3 Å². The minimum Gasteiger partial charge on any atom is -0.503 e. The second-order valence-corrected chi connectivity index (χ2v) is 6.50. The third kappa shape index (κ3) is 3.22. The Labute approximate surface area is 157 Å². The van der Waals surface area contributed by atoms with Crippen molar-refractivity contribution < 1.29 is 14.3 Å². The summed E-state index contributed by atoms with van der Waals surface area (Å²) in [4.78, 5) is 14.5. The Morgan fingerprint density at radius 1 is 0.852 bits per heavy atom. The summed E-state index contributed by atoms with van der Waals surface area (Å²) in [5.41, 5.74) is 3.00. The van der Waals surface area contributed by atoms with E-state index < -0.39 is 11.9 Å². The Hall–Kier alpha value is -3.40. The standard InChI is InChI=1S/C23H18FNO2/c24-19-13-11-17(12-14-19)20-21(18-9-5-2-6-10-18)25(23(27)22(20)26)15-16-7-3-1-4-8-16/h1-14,21,26H,15H2/t21-/m0/s1. The first kappa shape index (κ1) is 17.0. The van der Waals surface area contributed by atoms with Crippen molar-refractivity contribution in [1.82, 2.24) is 4.90 Å². The summed E-state index contributed by atoms with van der Waals surface area (Å²) in [5, 5.41) is 10.7. The molecule has 0 saturated carbocycles. The SMILES string of the molecule is O=C1C(O)=C(c2ccc(F)cc2)[C@H](c2ccccc2)N1Cc1ccccc1. The van der Waals surface area contributed by atoms with Crippen molar-refractivity contribution in [3.8, 4) is 0 Å². The maximum atomic E-state index is 13.4. The third-order valence-corrected chi connectivity index (χ3v) is 4.77. The monoisotopic (exact) mass is 359 g/mol. The molecule has 134 valence electrons. The van der Waals surface area contributed by atoms with Crippen molar-refractivity contribution in [2.75, 3.05) is 0 Å². The first-order valence-electron chi connectivity index (χ1n) is 8.74. The van der Waals surface area contributed by atoms with Crippen LogP contribution in [0.15, 0.2) is 90.7 Å². The second-order valence-electron chi connectivity index (χ2n) is 6.50. The maximum Gasteiger partial charge on any atom is 0.290 e. The van der Waals surface area contributed by atoms with Crippen molar-refractivity contribution in [3.05, 3.63) is 113 Å². The van der Waals surface area contributed by atoms with E-state index >= 15 is 0 Å². The topological polar surface area (TPSA) is 40.5 Å². The lowest BCUT2D eigenvalue weighted by molar-refractivity contribution is -0.130. The molecule has 1 aliphatic rings. The average molecular weight is 359 g/mol. The van der Waals surface area contributed by atoms with Crippen LogP contribution in [-0.4, -0.2) is 15.9 Å². The third-order valence-electron chi connectivity index (χ3n) is 4.77. The molecule has 1 amide bonds. The van der Waals surface area contributed by atoms with Crippen LogP contribution in [0, 0.1) is 5.82 Å². The minimum absolute atomic E-state index is 0.286. The molecule has 0 bridgehead atoms. The highest BCUT2D eigenvalue weighted by Crippen LogP contribution is 2.43. The number of carbonyl (C=O) groups excluding carboxylic acids is 1. The van der Waals surface area contributed by atoms with Crippen LogP contribution in [0.3, 0.4) is 0 Å². The van der Waals surface area contributed by atoms with Gasteiger partial charge in [0.25, 0.3) is 5.91 Å². The molecule has 4 rings (SSSR count). The molecule has 27 heavy (non-hydrogen) atoms. The zero-order valence-electron chi connectivity index (χ0n) is 14.5. The van der Waals surface area contributed by atoms with Gasteiger partial charge in [0.2, 0.25) is 0 Å². The van der Waals surface area contributed by atoms with Crippen molar-refractivity contribution in [2.24, 2.45) is 0 Å². The fourth-order valence-corrected chi connectivity index (χ4v) is 3.50. The van der Waals surface area contributed by atoms with Crippen molar-refractivity contribution in [3.63, 3.8) is 0 Å². The molecule has 0 aliphatic carbocycles.